The summed E-state index contributed by atoms with van der Waals surface area (Å²) in [6, 6.07) is 31.0. The third-order valence-corrected chi connectivity index (χ3v) is 6.71. The Morgan fingerprint density at radius 1 is 0.811 bits per heavy atom. The number of hydrogen-bond donors (Lipinski definition) is 1. The van der Waals surface area contributed by atoms with Crippen LogP contribution in [-0.4, -0.2) is 28.8 Å². The summed E-state index contributed by atoms with van der Waals surface area (Å²) in [6.45, 7) is 4.20. The quantitative estimate of drug-likeness (QED) is 0.260. The van der Waals surface area contributed by atoms with Gasteiger partial charge in [0.25, 0.3) is 0 Å². The average molecular weight is 513 g/mol. The number of benzene rings is 4. The SMILES string of the molecule is CC(C)NC(=O)[C@H](Cc1ccccc1)N(Cc1ccc(Cl)cc1)C(=O)CCc1cccc2ccccc12. The Morgan fingerprint density at radius 2 is 1.49 bits per heavy atom. The van der Waals surface area contributed by atoms with Gasteiger partial charge >= 0.3 is 0 Å². The highest BCUT2D eigenvalue weighted by Crippen LogP contribution is 2.22. The molecule has 0 saturated carbocycles. The van der Waals surface area contributed by atoms with Crippen molar-refractivity contribution in [2.45, 2.75) is 51.7 Å². The lowest BCUT2D eigenvalue weighted by Crippen LogP contribution is -2.51. The van der Waals surface area contributed by atoms with Crippen LogP contribution in [0.25, 0.3) is 10.8 Å². The minimum Gasteiger partial charge on any atom is -0.352 e. The van der Waals surface area contributed by atoms with Gasteiger partial charge in [-0.15, -0.1) is 0 Å². The second-order valence-electron chi connectivity index (χ2n) is 9.66. The van der Waals surface area contributed by atoms with Gasteiger partial charge in [-0.3, -0.25) is 9.59 Å². The van der Waals surface area contributed by atoms with Gasteiger partial charge in [-0.25, -0.2) is 0 Å². The van der Waals surface area contributed by atoms with E-state index in [4.69, 9.17) is 11.6 Å². The minimum absolute atomic E-state index is 0.0334. The molecule has 0 aliphatic rings. The summed E-state index contributed by atoms with van der Waals surface area (Å²) < 4.78 is 0. The molecule has 0 spiro atoms. The van der Waals surface area contributed by atoms with Crippen LogP contribution in [0.5, 0.6) is 0 Å². The first kappa shape index (κ1) is 26.4. The van der Waals surface area contributed by atoms with E-state index < -0.39 is 6.04 Å². The standard InChI is InChI=1S/C32H33ClN2O2/c1-23(2)34-32(37)30(21-24-9-4-3-5-10-24)35(22-25-15-18-28(33)19-16-25)31(36)20-17-27-13-8-12-26-11-6-7-14-29(26)27/h3-16,18-19,23,30H,17,20-22H2,1-2H3,(H,34,37)/t30-/m0/s1. The van der Waals surface area contributed by atoms with Crippen LogP contribution in [0.4, 0.5) is 0 Å². The number of hydrogen-bond acceptors (Lipinski definition) is 2. The van der Waals surface area contributed by atoms with Crippen LogP contribution in [0.2, 0.25) is 5.02 Å². The smallest absolute Gasteiger partial charge is 0.243 e. The predicted octanol–water partition coefficient (Wildman–Crippen LogP) is 6.59. The van der Waals surface area contributed by atoms with Crippen LogP contribution >= 0.6 is 11.6 Å². The summed E-state index contributed by atoms with van der Waals surface area (Å²) in [6.07, 6.45) is 1.34. The second-order valence-corrected chi connectivity index (χ2v) is 10.1. The van der Waals surface area contributed by atoms with Crippen molar-refractivity contribution >= 4 is 34.2 Å². The Hall–Kier alpha value is -3.63. The van der Waals surface area contributed by atoms with Crippen LogP contribution in [-0.2, 0) is 29.0 Å². The molecule has 0 saturated heterocycles. The van der Waals surface area contributed by atoms with Crippen molar-refractivity contribution < 1.29 is 9.59 Å². The molecule has 0 fully saturated rings. The minimum atomic E-state index is -0.638. The normalized spacial score (nSPS) is 11.9. The fraction of sp³-hybridized carbons (Fsp3) is 0.250. The molecular formula is C32H33ClN2O2. The van der Waals surface area contributed by atoms with Gasteiger partial charge in [-0.2, -0.15) is 0 Å². The summed E-state index contributed by atoms with van der Waals surface area (Å²) in [7, 11) is 0. The molecule has 1 N–H and O–H groups in total. The molecular weight excluding hydrogens is 480 g/mol. The van der Waals surface area contributed by atoms with E-state index in [0.717, 1.165) is 27.5 Å². The molecule has 0 bridgehead atoms. The number of fused-ring (bicyclic) bond motifs is 1. The monoisotopic (exact) mass is 512 g/mol. The van der Waals surface area contributed by atoms with Crippen molar-refractivity contribution in [3.8, 4) is 0 Å². The molecule has 2 amide bonds. The number of amides is 2. The molecule has 0 unspecified atom stereocenters. The Labute approximate surface area is 224 Å². The third-order valence-electron chi connectivity index (χ3n) is 6.46. The van der Waals surface area contributed by atoms with E-state index in [0.29, 0.717) is 30.8 Å². The van der Waals surface area contributed by atoms with E-state index >= 15 is 0 Å². The van der Waals surface area contributed by atoms with Gasteiger partial charge in [0.2, 0.25) is 11.8 Å². The molecule has 4 nitrogen and oxygen atoms in total. The molecule has 0 aliphatic carbocycles. The molecule has 37 heavy (non-hydrogen) atoms. The van der Waals surface area contributed by atoms with Gasteiger partial charge in [-0.05, 0) is 59.9 Å². The first-order valence-electron chi connectivity index (χ1n) is 12.8. The van der Waals surface area contributed by atoms with Gasteiger partial charge in [0.15, 0.2) is 0 Å². The molecule has 0 aromatic heterocycles. The number of halogens is 1. The Bertz CT molecular complexity index is 1330. The molecule has 190 valence electrons. The highest BCUT2D eigenvalue weighted by molar-refractivity contribution is 6.30. The van der Waals surface area contributed by atoms with Crippen LogP contribution in [0.3, 0.4) is 0 Å². The van der Waals surface area contributed by atoms with Gasteiger partial charge in [0, 0.05) is 30.5 Å². The fourth-order valence-corrected chi connectivity index (χ4v) is 4.74. The largest absolute Gasteiger partial charge is 0.352 e. The van der Waals surface area contributed by atoms with Crippen molar-refractivity contribution in [2.75, 3.05) is 0 Å². The first-order chi connectivity index (χ1) is 17.9. The van der Waals surface area contributed by atoms with E-state index in [1.807, 2.05) is 86.6 Å². The summed E-state index contributed by atoms with van der Waals surface area (Å²) in [4.78, 5) is 29.1. The highest BCUT2D eigenvalue weighted by atomic mass is 35.5. The average Bonchev–Trinajstić information content (AvgIpc) is 2.90. The molecule has 0 heterocycles. The fourth-order valence-electron chi connectivity index (χ4n) is 4.62. The van der Waals surface area contributed by atoms with Crippen LogP contribution in [0.1, 0.15) is 37.0 Å². The van der Waals surface area contributed by atoms with Gasteiger partial charge in [-0.1, -0.05) is 96.5 Å². The molecule has 0 aliphatic heterocycles. The third kappa shape index (κ3) is 7.21. The molecule has 0 radical (unpaired) electrons. The number of aryl methyl sites for hydroxylation is 1. The Balaban J connectivity index is 1.64. The Kier molecular flexibility index (Phi) is 8.97. The number of rotatable bonds is 10. The van der Waals surface area contributed by atoms with Gasteiger partial charge in [0.05, 0.1) is 0 Å². The summed E-state index contributed by atoms with van der Waals surface area (Å²) in [5.41, 5.74) is 3.07. The zero-order chi connectivity index (χ0) is 26.2. The molecule has 4 rings (SSSR count). The van der Waals surface area contributed by atoms with Crippen molar-refractivity contribution in [1.29, 1.82) is 0 Å². The maximum absolute atomic E-state index is 13.9. The van der Waals surface area contributed by atoms with E-state index in [-0.39, 0.29) is 17.9 Å². The molecule has 4 aromatic rings. The molecule has 1 atom stereocenters. The van der Waals surface area contributed by atoms with Crippen LogP contribution in [0, 0.1) is 0 Å². The number of carbonyl (C=O) groups is 2. The summed E-state index contributed by atoms with van der Waals surface area (Å²) >= 11 is 6.11. The number of nitrogens with zero attached hydrogens (tertiary/aromatic N) is 1. The lowest BCUT2D eigenvalue weighted by molar-refractivity contribution is -0.141. The zero-order valence-electron chi connectivity index (χ0n) is 21.4. The van der Waals surface area contributed by atoms with Crippen molar-refractivity contribution in [2.24, 2.45) is 0 Å². The van der Waals surface area contributed by atoms with Crippen molar-refractivity contribution in [3.05, 3.63) is 119 Å². The van der Waals surface area contributed by atoms with E-state index in [2.05, 4.69) is 29.6 Å². The van der Waals surface area contributed by atoms with Crippen molar-refractivity contribution in [3.63, 3.8) is 0 Å². The highest BCUT2D eigenvalue weighted by Gasteiger charge is 2.30. The van der Waals surface area contributed by atoms with E-state index in [1.54, 1.807) is 4.90 Å². The lowest BCUT2D eigenvalue weighted by atomic mass is 9.99. The van der Waals surface area contributed by atoms with E-state index in [9.17, 15) is 9.59 Å². The first-order valence-corrected chi connectivity index (χ1v) is 13.1. The topological polar surface area (TPSA) is 49.4 Å². The van der Waals surface area contributed by atoms with Crippen LogP contribution < -0.4 is 5.32 Å². The number of nitrogens with one attached hydrogen (secondary N) is 1. The molecule has 5 heteroatoms. The maximum Gasteiger partial charge on any atom is 0.243 e. The molecule has 4 aromatic carbocycles. The van der Waals surface area contributed by atoms with Crippen molar-refractivity contribution in [1.82, 2.24) is 10.2 Å². The maximum atomic E-state index is 13.9. The van der Waals surface area contributed by atoms with Gasteiger partial charge in [0.1, 0.15) is 6.04 Å². The second kappa shape index (κ2) is 12.6. The summed E-state index contributed by atoms with van der Waals surface area (Å²) in [5.74, 6) is -0.200. The Morgan fingerprint density at radius 3 is 2.22 bits per heavy atom. The predicted molar refractivity (Wildman–Crippen MR) is 151 cm³/mol. The van der Waals surface area contributed by atoms with Gasteiger partial charge < -0.3 is 10.2 Å². The van der Waals surface area contributed by atoms with E-state index in [1.165, 1.54) is 0 Å². The zero-order valence-corrected chi connectivity index (χ0v) is 22.1. The lowest BCUT2D eigenvalue weighted by Gasteiger charge is -2.32. The number of carbonyl (C=O) groups excluding carboxylic acids is 2. The van der Waals surface area contributed by atoms with Crippen LogP contribution in [0.15, 0.2) is 97.1 Å². The summed E-state index contributed by atoms with van der Waals surface area (Å²) in [5, 5.41) is 5.98.